The molecule has 2 aromatic carbocycles. The van der Waals surface area contributed by atoms with E-state index in [0.29, 0.717) is 27.8 Å². The maximum atomic E-state index is 12.2. The van der Waals surface area contributed by atoms with Crippen LogP contribution in [0.15, 0.2) is 47.4 Å². The van der Waals surface area contributed by atoms with E-state index >= 15 is 0 Å². The van der Waals surface area contributed by atoms with E-state index in [9.17, 15) is 4.79 Å². The van der Waals surface area contributed by atoms with Crippen molar-refractivity contribution in [3.8, 4) is 11.5 Å². The van der Waals surface area contributed by atoms with Gasteiger partial charge in [0.05, 0.1) is 5.75 Å². The fourth-order valence-corrected chi connectivity index (χ4v) is 2.96. The van der Waals surface area contributed by atoms with Crippen LogP contribution in [0.4, 0.5) is 0 Å². The quantitative estimate of drug-likeness (QED) is 0.631. The lowest BCUT2D eigenvalue weighted by Gasteiger charge is -2.03. The third-order valence-corrected chi connectivity index (χ3v) is 4.09. The fourth-order valence-electron chi connectivity index (χ4n) is 1.86. The van der Waals surface area contributed by atoms with Gasteiger partial charge >= 0.3 is 0 Å². The number of benzene rings is 2. The standard InChI is InChI=1S/C15H11ClO3S/c16-11-2-1-3-12(7-11)20-8-13(17)10-4-5-14-15(6-10)19-9-18-14/h1-7H,8-9H2. The molecule has 0 N–H and O–H groups in total. The van der Waals surface area contributed by atoms with E-state index in [2.05, 4.69) is 0 Å². The monoisotopic (exact) mass is 306 g/mol. The number of hydrogen-bond donors (Lipinski definition) is 0. The van der Waals surface area contributed by atoms with Crippen molar-refractivity contribution in [1.29, 1.82) is 0 Å². The first-order valence-corrected chi connectivity index (χ1v) is 7.40. The molecule has 0 radical (unpaired) electrons. The van der Waals surface area contributed by atoms with Crippen molar-refractivity contribution in [1.82, 2.24) is 0 Å². The number of fused-ring (bicyclic) bond motifs is 1. The first-order chi connectivity index (χ1) is 9.72. The van der Waals surface area contributed by atoms with Crippen LogP contribution in [-0.4, -0.2) is 18.3 Å². The van der Waals surface area contributed by atoms with Crippen molar-refractivity contribution in [3.05, 3.63) is 53.1 Å². The summed E-state index contributed by atoms with van der Waals surface area (Å²) in [6.07, 6.45) is 0. The van der Waals surface area contributed by atoms with Gasteiger partial charge in [0, 0.05) is 15.5 Å². The van der Waals surface area contributed by atoms with Crippen molar-refractivity contribution in [2.75, 3.05) is 12.5 Å². The van der Waals surface area contributed by atoms with Crippen LogP contribution in [0, 0.1) is 0 Å². The zero-order valence-corrected chi connectivity index (χ0v) is 12.0. The van der Waals surface area contributed by atoms with Gasteiger partial charge in [-0.05, 0) is 36.4 Å². The number of ketones is 1. The molecule has 1 aliphatic heterocycles. The Kier molecular flexibility index (Phi) is 3.85. The molecular formula is C15H11ClO3S. The first-order valence-electron chi connectivity index (χ1n) is 6.03. The highest BCUT2D eigenvalue weighted by Gasteiger charge is 2.16. The van der Waals surface area contributed by atoms with Crippen LogP contribution in [0.25, 0.3) is 0 Å². The van der Waals surface area contributed by atoms with E-state index < -0.39 is 0 Å². The van der Waals surface area contributed by atoms with Crippen LogP contribution in [-0.2, 0) is 0 Å². The number of ether oxygens (including phenoxy) is 2. The summed E-state index contributed by atoms with van der Waals surface area (Å²) in [5.74, 6) is 1.72. The van der Waals surface area contributed by atoms with Crippen molar-refractivity contribution < 1.29 is 14.3 Å². The molecule has 1 heterocycles. The van der Waals surface area contributed by atoms with Crippen LogP contribution in [0.5, 0.6) is 11.5 Å². The molecule has 3 rings (SSSR count). The molecule has 0 unspecified atom stereocenters. The smallest absolute Gasteiger partial charge is 0.231 e. The lowest BCUT2D eigenvalue weighted by Crippen LogP contribution is -2.02. The Morgan fingerprint density at radius 2 is 2.00 bits per heavy atom. The highest BCUT2D eigenvalue weighted by atomic mass is 35.5. The molecule has 0 saturated heterocycles. The largest absolute Gasteiger partial charge is 0.454 e. The summed E-state index contributed by atoms with van der Waals surface area (Å²) in [5, 5.41) is 0.672. The van der Waals surface area contributed by atoms with Crippen LogP contribution in [0.1, 0.15) is 10.4 Å². The first kappa shape index (κ1) is 13.3. The van der Waals surface area contributed by atoms with Crippen molar-refractivity contribution in [2.24, 2.45) is 0 Å². The van der Waals surface area contributed by atoms with Gasteiger partial charge in [-0.25, -0.2) is 0 Å². The zero-order valence-electron chi connectivity index (χ0n) is 10.5. The molecule has 0 bridgehead atoms. The van der Waals surface area contributed by atoms with Crippen LogP contribution >= 0.6 is 23.4 Å². The van der Waals surface area contributed by atoms with E-state index in [-0.39, 0.29) is 12.6 Å². The molecule has 102 valence electrons. The van der Waals surface area contributed by atoms with Gasteiger partial charge < -0.3 is 9.47 Å². The number of carbonyl (C=O) groups is 1. The second kappa shape index (κ2) is 5.77. The third-order valence-electron chi connectivity index (χ3n) is 2.86. The Bertz CT molecular complexity index is 657. The number of hydrogen-bond acceptors (Lipinski definition) is 4. The summed E-state index contributed by atoms with van der Waals surface area (Å²) in [6, 6.07) is 12.7. The fraction of sp³-hybridized carbons (Fsp3) is 0.133. The van der Waals surface area contributed by atoms with Gasteiger partial charge in [0.15, 0.2) is 17.3 Å². The van der Waals surface area contributed by atoms with Gasteiger partial charge in [-0.15, -0.1) is 11.8 Å². The molecule has 0 saturated carbocycles. The molecule has 2 aromatic rings. The summed E-state index contributed by atoms with van der Waals surface area (Å²) in [7, 11) is 0. The summed E-state index contributed by atoms with van der Waals surface area (Å²) >= 11 is 7.38. The van der Waals surface area contributed by atoms with Gasteiger partial charge in [-0.1, -0.05) is 17.7 Å². The summed E-state index contributed by atoms with van der Waals surface area (Å²) in [4.78, 5) is 13.1. The number of halogens is 1. The Morgan fingerprint density at radius 3 is 2.85 bits per heavy atom. The molecule has 0 spiro atoms. The van der Waals surface area contributed by atoms with Gasteiger partial charge in [0.2, 0.25) is 6.79 Å². The van der Waals surface area contributed by atoms with E-state index in [1.54, 1.807) is 18.2 Å². The molecule has 5 heteroatoms. The average Bonchev–Trinajstić information content (AvgIpc) is 2.92. The average molecular weight is 307 g/mol. The molecule has 0 fully saturated rings. The van der Waals surface area contributed by atoms with E-state index in [0.717, 1.165) is 4.90 Å². The molecule has 1 aliphatic rings. The minimum atomic E-state index is 0.0493. The van der Waals surface area contributed by atoms with Crippen LogP contribution < -0.4 is 9.47 Å². The summed E-state index contributed by atoms with van der Waals surface area (Å²) < 4.78 is 10.5. The van der Waals surface area contributed by atoms with Gasteiger partial charge in [-0.3, -0.25) is 4.79 Å². The van der Waals surface area contributed by atoms with Crippen LogP contribution in [0.2, 0.25) is 5.02 Å². The third kappa shape index (κ3) is 2.92. The Hall–Kier alpha value is -1.65. The summed E-state index contributed by atoms with van der Waals surface area (Å²) in [6.45, 7) is 0.213. The van der Waals surface area contributed by atoms with E-state index in [4.69, 9.17) is 21.1 Å². The molecule has 3 nitrogen and oxygen atoms in total. The molecule has 20 heavy (non-hydrogen) atoms. The zero-order chi connectivity index (χ0) is 13.9. The topological polar surface area (TPSA) is 35.5 Å². The predicted molar refractivity (Wildman–Crippen MR) is 79.1 cm³/mol. The second-order valence-corrected chi connectivity index (χ2v) is 5.72. The highest BCUT2D eigenvalue weighted by molar-refractivity contribution is 8.00. The van der Waals surface area contributed by atoms with Crippen molar-refractivity contribution in [3.63, 3.8) is 0 Å². The SMILES string of the molecule is O=C(CSc1cccc(Cl)c1)c1ccc2c(c1)OCO2. The number of thioether (sulfide) groups is 1. The Morgan fingerprint density at radius 1 is 1.15 bits per heavy atom. The molecule has 0 aliphatic carbocycles. The second-order valence-electron chi connectivity index (χ2n) is 4.24. The minimum absolute atomic E-state index is 0.0493. The van der Waals surface area contributed by atoms with Crippen molar-refractivity contribution >= 4 is 29.1 Å². The molecule has 0 aromatic heterocycles. The van der Waals surface area contributed by atoms with E-state index in [1.807, 2.05) is 24.3 Å². The van der Waals surface area contributed by atoms with Gasteiger partial charge in [-0.2, -0.15) is 0 Å². The summed E-state index contributed by atoms with van der Waals surface area (Å²) in [5.41, 5.74) is 0.628. The van der Waals surface area contributed by atoms with Gasteiger partial charge in [0.1, 0.15) is 0 Å². The predicted octanol–water partition coefficient (Wildman–Crippen LogP) is 4.04. The number of rotatable bonds is 4. The normalized spacial score (nSPS) is 12.4. The highest BCUT2D eigenvalue weighted by Crippen LogP contribution is 2.33. The molecular weight excluding hydrogens is 296 g/mol. The maximum absolute atomic E-state index is 12.2. The number of Topliss-reactive ketones (excluding diaryl/α,β-unsaturated/α-hetero) is 1. The van der Waals surface area contributed by atoms with Crippen molar-refractivity contribution in [2.45, 2.75) is 4.90 Å². The van der Waals surface area contributed by atoms with E-state index in [1.165, 1.54) is 11.8 Å². The van der Waals surface area contributed by atoms with Crippen LogP contribution in [0.3, 0.4) is 0 Å². The molecule has 0 amide bonds. The lowest BCUT2D eigenvalue weighted by atomic mass is 10.1. The Balaban J connectivity index is 1.67. The van der Waals surface area contributed by atoms with Gasteiger partial charge in [0.25, 0.3) is 0 Å². The minimum Gasteiger partial charge on any atom is -0.454 e. The number of carbonyl (C=O) groups excluding carboxylic acids is 1. The maximum Gasteiger partial charge on any atom is 0.231 e. The molecule has 0 atom stereocenters. The Labute approximate surface area is 125 Å². The lowest BCUT2D eigenvalue weighted by molar-refractivity contribution is 0.102.